The van der Waals surface area contributed by atoms with Crippen LogP contribution in [0.2, 0.25) is 0 Å². The lowest BCUT2D eigenvalue weighted by Crippen LogP contribution is -2.22. The Kier molecular flexibility index (Phi) is 4.90. The molecule has 0 fully saturated rings. The van der Waals surface area contributed by atoms with Crippen LogP contribution < -0.4 is 5.32 Å². The van der Waals surface area contributed by atoms with Crippen LogP contribution in [-0.2, 0) is 4.74 Å². The van der Waals surface area contributed by atoms with Gasteiger partial charge in [0, 0.05) is 19.7 Å². The maximum Gasteiger partial charge on any atom is 0.141 e. The van der Waals surface area contributed by atoms with E-state index in [1.165, 1.54) is 12.1 Å². The van der Waals surface area contributed by atoms with Gasteiger partial charge in [0.25, 0.3) is 0 Å². The number of methoxy groups -OCH3 is 1. The summed E-state index contributed by atoms with van der Waals surface area (Å²) in [5.74, 6) is -0.472. The average Bonchev–Trinajstić information content (AvgIpc) is 2.29. The van der Waals surface area contributed by atoms with Crippen LogP contribution in [0.3, 0.4) is 0 Å². The van der Waals surface area contributed by atoms with Crippen molar-refractivity contribution < 1.29 is 9.13 Å². The van der Waals surface area contributed by atoms with Crippen molar-refractivity contribution in [2.75, 3.05) is 20.3 Å². The molecule has 0 radical (unpaired) electrons. The minimum Gasteiger partial charge on any atom is -0.383 e. The first-order valence-corrected chi connectivity index (χ1v) is 5.11. The van der Waals surface area contributed by atoms with Crippen LogP contribution in [0.1, 0.15) is 24.1 Å². The average molecular weight is 222 g/mol. The summed E-state index contributed by atoms with van der Waals surface area (Å²) in [5.41, 5.74) is 0.903. The third-order valence-electron chi connectivity index (χ3n) is 2.37. The maximum atomic E-state index is 13.3. The number of nitrogens with zero attached hydrogens (tertiary/aromatic N) is 1. The van der Waals surface area contributed by atoms with Gasteiger partial charge in [-0.1, -0.05) is 6.07 Å². The molecule has 0 saturated heterocycles. The van der Waals surface area contributed by atoms with Gasteiger partial charge in [0.1, 0.15) is 11.9 Å². The molecule has 0 bridgehead atoms. The van der Waals surface area contributed by atoms with Crippen LogP contribution in [0, 0.1) is 17.1 Å². The number of benzene rings is 1. The van der Waals surface area contributed by atoms with Gasteiger partial charge >= 0.3 is 0 Å². The fraction of sp³-hybridized carbons (Fsp3) is 0.417. The Morgan fingerprint density at radius 3 is 2.88 bits per heavy atom. The Morgan fingerprint density at radius 1 is 1.56 bits per heavy atom. The first-order valence-electron chi connectivity index (χ1n) is 5.11. The van der Waals surface area contributed by atoms with Gasteiger partial charge in [0.15, 0.2) is 0 Å². The fourth-order valence-corrected chi connectivity index (χ4v) is 1.39. The van der Waals surface area contributed by atoms with E-state index in [-0.39, 0.29) is 11.6 Å². The van der Waals surface area contributed by atoms with Crippen molar-refractivity contribution >= 4 is 0 Å². The second-order valence-corrected chi connectivity index (χ2v) is 3.52. The van der Waals surface area contributed by atoms with Gasteiger partial charge < -0.3 is 10.1 Å². The summed E-state index contributed by atoms with van der Waals surface area (Å²) in [5, 5.41) is 11.8. The minimum atomic E-state index is -0.472. The molecular weight excluding hydrogens is 207 g/mol. The van der Waals surface area contributed by atoms with Gasteiger partial charge in [-0.25, -0.2) is 4.39 Å². The van der Waals surface area contributed by atoms with Crippen molar-refractivity contribution in [3.63, 3.8) is 0 Å². The van der Waals surface area contributed by atoms with E-state index >= 15 is 0 Å². The van der Waals surface area contributed by atoms with Gasteiger partial charge in [-0.15, -0.1) is 0 Å². The molecule has 1 rings (SSSR count). The molecule has 3 nitrogen and oxygen atoms in total. The normalized spacial score (nSPS) is 12.1. The Hall–Kier alpha value is -1.44. The SMILES string of the molecule is COCCNC(C)c1ccc(C#N)c(F)c1. The van der Waals surface area contributed by atoms with E-state index in [2.05, 4.69) is 5.32 Å². The molecule has 1 unspecified atom stereocenters. The van der Waals surface area contributed by atoms with Gasteiger partial charge in [0.05, 0.1) is 12.2 Å². The standard InChI is InChI=1S/C12H15FN2O/c1-9(15-5-6-16-2)10-3-4-11(8-14)12(13)7-10/h3-4,7,9,15H,5-6H2,1-2H3. The van der Waals surface area contributed by atoms with E-state index in [1.54, 1.807) is 19.2 Å². The third kappa shape index (κ3) is 3.30. The second-order valence-electron chi connectivity index (χ2n) is 3.52. The highest BCUT2D eigenvalue weighted by Gasteiger charge is 2.08. The Balaban J connectivity index is 2.66. The van der Waals surface area contributed by atoms with E-state index in [4.69, 9.17) is 10.00 Å². The van der Waals surface area contributed by atoms with Crippen molar-refractivity contribution in [3.8, 4) is 6.07 Å². The van der Waals surface area contributed by atoms with Gasteiger partial charge in [0.2, 0.25) is 0 Å². The lowest BCUT2D eigenvalue weighted by molar-refractivity contribution is 0.196. The molecule has 0 amide bonds. The number of hydrogen-bond acceptors (Lipinski definition) is 3. The van der Waals surface area contributed by atoms with Gasteiger partial charge in [-0.2, -0.15) is 5.26 Å². The highest BCUT2D eigenvalue weighted by Crippen LogP contribution is 2.15. The summed E-state index contributed by atoms with van der Waals surface area (Å²) in [7, 11) is 1.63. The molecule has 0 spiro atoms. The molecule has 0 aromatic heterocycles. The predicted octanol–water partition coefficient (Wildman–Crippen LogP) is 1.99. The quantitative estimate of drug-likeness (QED) is 0.775. The Bertz CT molecular complexity index is 387. The van der Waals surface area contributed by atoms with Crippen molar-refractivity contribution in [1.29, 1.82) is 5.26 Å². The van der Waals surface area contributed by atoms with Crippen LogP contribution in [-0.4, -0.2) is 20.3 Å². The topological polar surface area (TPSA) is 45.0 Å². The summed E-state index contributed by atoms with van der Waals surface area (Å²) in [4.78, 5) is 0. The van der Waals surface area contributed by atoms with Crippen molar-refractivity contribution in [2.45, 2.75) is 13.0 Å². The summed E-state index contributed by atoms with van der Waals surface area (Å²) in [6, 6.07) is 6.48. The number of halogens is 1. The molecule has 1 aromatic carbocycles. The van der Waals surface area contributed by atoms with Crippen molar-refractivity contribution in [3.05, 3.63) is 35.1 Å². The highest BCUT2D eigenvalue weighted by molar-refractivity contribution is 5.34. The van der Waals surface area contributed by atoms with E-state index in [0.29, 0.717) is 13.2 Å². The molecule has 16 heavy (non-hydrogen) atoms. The zero-order chi connectivity index (χ0) is 12.0. The third-order valence-corrected chi connectivity index (χ3v) is 2.37. The first kappa shape index (κ1) is 12.6. The summed E-state index contributed by atoms with van der Waals surface area (Å²) < 4.78 is 18.2. The molecule has 4 heteroatoms. The van der Waals surface area contributed by atoms with Crippen LogP contribution in [0.25, 0.3) is 0 Å². The number of hydrogen-bond donors (Lipinski definition) is 1. The van der Waals surface area contributed by atoms with Gasteiger partial charge in [-0.05, 0) is 24.6 Å². The monoisotopic (exact) mass is 222 g/mol. The lowest BCUT2D eigenvalue weighted by atomic mass is 10.1. The Morgan fingerprint density at radius 2 is 2.31 bits per heavy atom. The molecule has 86 valence electrons. The molecule has 0 aliphatic carbocycles. The zero-order valence-electron chi connectivity index (χ0n) is 9.46. The molecule has 1 atom stereocenters. The summed E-state index contributed by atoms with van der Waals surface area (Å²) >= 11 is 0. The molecule has 0 saturated carbocycles. The van der Waals surface area contributed by atoms with Crippen LogP contribution >= 0.6 is 0 Å². The van der Waals surface area contributed by atoms with Crippen molar-refractivity contribution in [1.82, 2.24) is 5.32 Å². The first-order chi connectivity index (χ1) is 7.69. The van der Waals surface area contributed by atoms with Crippen LogP contribution in [0.15, 0.2) is 18.2 Å². The molecule has 0 heterocycles. The summed E-state index contributed by atoms with van der Waals surface area (Å²) in [6.45, 7) is 3.26. The maximum absolute atomic E-state index is 13.3. The minimum absolute atomic E-state index is 0.0393. The van der Waals surface area contributed by atoms with E-state index in [9.17, 15) is 4.39 Å². The largest absolute Gasteiger partial charge is 0.383 e. The molecule has 1 N–H and O–H groups in total. The fourth-order valence-electron chi connectivity index (χ4n) is 1.39. The Labute approximate surface area is 94.8 Å². The number of ether oxygens (including phenoxy) is 1. The van der Waals surface area contributed by atoms with Gasteiger partial charge in [-0.3, -0.25) is 0 Å². The van der Waals surface area contributed by atoms with Crippen molar-refractivity contribution in [2.24, 2.45) is 0 Å². The van der Waals surface area contributed by atoms with E-state index in [1.807, 2.05) is 6.92 Å². The van der Waals surface area contributed by atoms with Crippen LogP contribution in [0.5, 0.6) is 0 Å². The van der Waals surface area contributed by atoms with Crippen LogP contribution in [0.4, 0.5) is 4.39 Å². The predicted molar refractivity (Wildman–Crippen MR) is 59.4 cm³/mol. The van der Waals surface area contributed by atoms with E-state index < -0.39 is 5.82 Å². The summed E-state index contributed by atoms with van der Waals surface area (Å²) in [6.07, 6.45) is 0. The molecule has 0 aliphatic rings. The number of nitrogens with one attached hydrogen (secondary N) is 1. The molecular formula is C12H15FN2O. The molecule has 1 aromatic rings. The highest BCUT2D eigenvalue weighted by atomic mass is 19.1. The number of nitriles is 1. The second kappa shape index (κ2) is 6.21. The number of rotatable bonds is 5. The zero-order valence-corrected chi connectivity index (χ0v) is 9.46. The lowest BCUT2D eigenvalue weighted by Gasteiger charge is -2.14. The smallest absolute Gasteiger partial charge is 0.141 e. The molecule has 0 aliphatic heterocycles. The van der Waals surface area contributed by atoms with E-state index in [0.717, 1.165) is 5.56 Å².